The summed E-state index contributed by atoms with van der Waals surface area (Å²) in [6, 6.07) is 10.3. The minimum absolute atomic E-state index is 0.00627. The Hall–Kier alpha value is -0.940. The van der Waals surface area contributed by atoms with Gasteiger partial charge in [-0.15, -0.1) is 0 Å². The zero-order valence-electron chi connectivity index (χ0n) is 12.6. The van der Waals surface area contributed by atoms with Crippen LogP contribution < -0.4 is 5.32 Å². The summed E-state index contributed by atoms with van der Waals surface area (Å²) < 4.78 is 17.3. The Morgan fingerprint density at radius 1 is 1.15 bits per heavy atom. The molecule has 112 valence electrons. The quantitative estimate of drug-likeness (QED) is 0.831. The average Bonchev–Trinajstić information content (AvgIpc) is 2.72. The summed E-state index contributed by atoms with van der Waals surface area (Å²) in [6.07, 6.45) is 0.0217. The van der Waals surface area contributed by atoms with Crippen molar-refractivity contribution in [2.24, 2.45) is 0 Å². The molecule has 4 heteroatoms. The molecule has 0 bridgehead atoms. The van der Waals surface area contributed by atoms with Gasteiger partial charge in [0.25, 0.3) is 0 Å². The molecule has 0 radical (unpaired) electrons. The highest BCUT2D eigenvalue weighted by molar-refractivity contribution is 5.14. The summed E-state index contributed by atoms with van der Waals surface area (Å²) in [4.78, 5) is 0. The molecule has 0 aliphatic carbocycles. The normalized spacial score (nSPS) is 24.9. The molecule has 1 fully saturated rings. The van der Waals surface area contributed by atoms with E-state index >= 15 is 0 Å². The lowest BCUT2D eigenvalue weighted by molar-refractivity contribution is -0.150. The molecular formula is C16H25NO3. The molecule has 1 heterocycles. The van der Waals surface area contributed by atoms with E-state index in [-0.39, 0.29) is 12.2 Å². The van der Waals surface area contributed by atoms with E-state index in [1.807, 2.05) is 39.0 Å². The van der Waals surface area contributed by atoms with E-state index in [4.69, 9.17) is 14.2 Å². The molecule has 4 nitrogen and oxygen atoms in total. The van der Waals surface area contributed by atoms with Crippen molar-refractivity contribution in [3.8, 4) is 0 Å². The van der Waals surface area contributed by atoms with Gasteiger partial charge in [-0.1, -0.05) is 30.3 Å². The Balaban J connectivity index is 1.80. The summed E-state index contributed by atoms with van der Waals surface area (Å²) in [5, 5.41) is 3.43. The monoisotopic (exact) mass is 279 g/mol. The van der Waals surface area contributed by atoms with E-state index in [2.05, 4.69) is 17.4 Å². The molecule has 2 atom stereocenters. The molecule has 0 aromatic heterocycles. The molecule has 0 saturated carbocycles. The van der Waals surface area contributed by atoms with Gasteiger partial charge in [-0.3, -0.25) is 0 Å². The maximum atomic E-state index is 5.93. The highest BCUT2D eigenvalue weighted by Gasteiger charge is 2.40. The first-order chi connectivity index (χ1) is 9.61. The minimum Gasteiger partial charge on any atom is -0.379 e. The fourth-order valence-electron chi connectivity index (χ4n) is 2.41. The van der Waals surface area contributed by atoms with Crippen molar-refractivity contribution >= 4 is 0 Å². The molecule has 1 saturated heterocycles. The summed E-state index contributed by atoms with van der Waals surface area (Å²) in [7, 11) is 0. The van der Waals surface area contributed by atoms with Crippen molar-refractivity contribution in [2.45, 2.75) is 45.3 Å². The van der Waals surface area contributed by atoms with E-state index < -0.39 is 5.79 Å². The third-order valence-corrected chi connectivity index (χ3v) is 3.29. The van der Waals surface area contributed by atoms with Gasteiger partial charge in [-0.05, 0) is 26.3 Å². The minimum atomic E-state index is -0.527. The van der Waals surface area contributed by atoms with E-state index in [9.17, 15) is 0 Å². The van der Waals surface area contributed by atoms with Gasteiger partial charge in [-0.2, -0.15) is 0 Å². The van der Waals surface area contributed by atoms with Gasteiger partial charge in [0.15, 0.2) is 5.79 Å². The molecule has 2 rings (SSSR count). The number of rotatable bonds is 7. The fourth-order valence-corrected chi connectivity index (χ4v) is 2.41. The van der Waals surface area contributed by atoms with Crippen molar-refractivity contribution in [3.05, 3.63) is 35.9 Å². The summed E-state index contributed by atoms with van der Waals surface area (Å²) in [6.45, 7) is 8.76. The SMILES string of the molecule is CCOCC1OC(C)(C)OC1CNCc1ccccc1. The zero-order chi connectivity index (χ0) is 14.4. The number of nitrogens with one attached hydrogen (secondary N) is 1. The lowest BCUT2D eigenvalue weighted by Crippen LogP contribution is -2.36. The van der Waals surface area contributed by atoms with Crippen molar-refractivity contribution in [1.82, 2.24) is 5.32 Å². The second-order valence-corrected chi connectivity index (χ2v) is 5.49. The summed E-state index contributed by atoms with van der Waals surface area (Å²) in [5.41, 5.74) is 1.27. The largest absolute Gasteiger partial charge is 0.379 e. The Kier molecular flexibility index (Phi) is 5.54. The van der Waals surface area contributed by atoms with Gasteiger partial charge in [0, 0.05) is 19.7 Å². The van der Waals surface area contributed by atoms with E-state index in [1.54, 1.807) is 0 Å². The molecule has 2 unspecified atom stereocenters. The van der Waals surface area contributed by atoms with Gasteiger partial charge in [0.1, 0.15) is 12.2 Å². The van der Waals surface area contributed by atoms with Gasteiger partial charge in [0.2, 0.25) is 0 Å². The fraction of sp³-hybridized carbons (Fsp3) is 0.625. The number of hydrogen-bond donors (Lipinski definition) is 1. The molecule has 0 amide bonds. The molecule has 1 aromatic rings. The first-order valence-electron chi connectivity index (χ1n) is 7.29. The molecule has 20 heavy (non-hydrogen) atoms. The van der Waals surface area contributed by atoms with Crippen LogP contribution in [0.4, 0.5) is 0 Å². The Bertz CT molecular complexity index is 394. The Morgan fingerprint density at radius 3 is 2.55 bits per heavy atom. The summed E-state index contributed by atoms with van der Waals surface area (Å²) >= 11 is 0. The van der Waals surface area contributed by atoms with Crippen LogP contribution in [0.5, 0.6) is 0 Å². The van der Waals surface area contributed by atoms with Crippen LogP contribution in [0.25, 0.3) is 0 Å². The number of benzene rings is 1. The molecule has 1 N–H and O–H groups in total. The first kappa shape index (κ1) is 15.4. The van der Waals surface area contributed by atoms with Crippen LogP contribution in [0.2, 0.25) is 0 Å². The van der Waals surface area contributed by atoms with Gasteiger partial charge >= 0.3 is 0 Å². The zero-order valence-corrected chi connectivity index (χ0v) is 12.6. The lowest BCUT2D eigenvalue weighted by atomic mass is 10.2. The standard InChI is InChI=1S/C16H25NO3/c1-4-18-12-15-14(19-16(2,3)20-15)11-17-10-13-8-6-5-7-9-13/h5-9,14-15,17H,4,10-12H2,1-3H3. The van der Waals surface area contributed by atoms with Crippen LogP contribution in [0.1, 0.15) is 26.3 Å². The third kappa shape index (κ3) is 4.56. The highest BCUT2D eigenvalue weighted by Crippen LogP contribution is 2.28. The van der Waals surface area contributed by atoms with Crippen LogP contribution in [-0.2, 0) is 20.8 Å². The maximum Gasteiger partial charge on any atom is 0.163 e. The predicted octanol–water partition coefficient (Wildman–Crippen LogP) is 2.33. The molecule has 1 aromatic carbocycles. The van der Waals surface area contributed by atoms with Gasteiger partial charge < -0.3 is 19.5 Å². The number of ether oxygens (including phenoxy) is 3. The third-order valence-electron chi connectivity index (χ3n) is 3.29. The smallest absolute Gasteiger partial charge is 0.163 e. The number of hydrogen-bond acceptors (Lipinski definition) is 4. The Labute approximate surface area is 121 Å². The van der Waals surface area contributed by atoms with Crippen LogP contribution in [0, 0.1) is 0 Å². The van der Waals surface area contributed by atoms with Gasteiger partial charge in [-0.25, -0.2) is 0 Å². The van der Waals surface area contributed by atoms with Crippen LogP contribution in [0.3, 0.4) is 0 Å². The lowest BCUT2D eigenvalue weighted by Gasteiger charge is -2.17. The van der Waals surface area contributed by atoms with Crippen LogP contribution >= 0.6 is 0 Å². The van der Waals surface area contributed by atoms with Crippen LogP contribution in [0.15, 0.2) is 30.3 Å². The second kappa shape index (κ2) is 7.18. The van der Waals surface area contributed by atoms with Crippen LogP contribution in [-0.4, -0.2) is 37.8 Å². The topological polar surface area (TPSA) is 39.7 Å². The second-order valence-electron chi connectivity index (χ2n) is 5.49. The van der Waals surface area contributed by atoms with Gasteiger partial charge in [0.05, 0.1) is 6.61 Å². The highest BCUT2D eigenvalue weighted by atomic mass is 16.8. The van der Waals surface area contributed by atoms with Crippen molar-refractivity contribution in [2.75, 3.05) is 19.8 Å². The van der Waals surface area contributed by atoms with E-state index in [0.29, 0.717) is 13.2 Å². The summed E-state index contributed by atoms with van der Waals surface area (Å²) in [5.74, 6) is -0.527. The van der Waals surface area contributed by atoms with E-state index in [0.717, 1.165) is 13.1 Å². The molecule has 0 spiro atoms. The molecule has 1 aliphatic heterocycles. The average molecular weight is 279 g/mol. The molecule has 1 aliphatic rings. The predicted molar refractivity (Wildman–Crippen MR) is 78.5 cm³/mol. The maximum absolute atomic E-state index is 5.93. The first-order valence-corrected chi connectivity index (χ1v) is 7.29. The Morgan fingerprint density at radius 2 is 1.85 bits per heavy atom. The van der Waals surface area contributed by atoms with Crippen molar-refractivity contribution in [3.63, 3.8) is 0 Å². The van der Waals surface area contributed by atoms with Crippen molar-refractivity contribution < 1.29 is 14.2 Å². The van der Waals surface area contributed by atoms with E-state index in [1.165, 1.54) is 5.56 Å². The molecular weight excluding hydrogens is 254 g/mol. The van der Waals surface area contributed by atoms with Crippen molar-refractivity contribution in [1.29, 1.82) is 0 Å².